The molecule has 1 nitrogen and oxygen atoms in total. The average molecular weight is 280 g/mol. The van der Waals surface area contributed by atoms with Crippen LogP contribution >= 0.6 is 0 Å². The van der Waals surface area contributed by atoms with E-state index in [1.165, 1.54) is 49.3 Å². The van der Waals surface area contributed by atoms with Crippen LogP contribution in [-0.4, -0.2) is 5.11 Å². The third-order valence-electron chi connectivity index (χ3n) is 6.09. The number of rotatable bonds is 1. The van der Waals surface area contributed by atoms with E-state index in [4.69, 9.17) is 0 Å². The van der Waals surface area contributed by atoms with Crippen molar-refractivity contribution in [2.75, 3.05) is 0 Å². The molecule has 2 aliphatic carbocycles. The highest BCUT2D eigenvalue weighted by molar-refractivity contribution is 5.83. The highest BCUT2D eigenvalue weighted by atomic mass is 16.3. The predicted molar refractivity (Wildman–Crippen MR) is 87.2 cm³/mol. The number of hydrogen-bond donors (Lipinski definition) is 1. The van der Waals surface area contributed by atoms with Gasteiger partial charge in [0.1, 0.15) is 0 Å². The lowest BCUT2D eigenvalue weighted by Crippen LogP contribution is -2.35. The van der Waals surface area contributed by atoms with Gasteiger partial charge in [0, 0.05) is 0 Å². The largest absolute Gasteiger partial charge is 0.385 e. The summed E-state index contributed by atoms with van der Waals surface area (Å²) in [6.07, 6.45) is 9.85. The molecule has 4 rings (SSSR count). The van der Waals surface area contributed by atoms with Gasteiger partial charge in [0.2, 0.25) is 0 Å². The molecule has 0 aliphatic heterocycles. The highest BCUT2D eigenvalue weighted by Gasteiger charge is 2.43. The van der Waals surface area contributed by atoms with Gasteiger partial charge in [-0.05, 0) is 66.3 Å². The van der Waals surface area contributed by atoms with Gasteiger partial charge >= 0.3 is 0 Å². The molecule has 2 aromatic rings. The zero-order chi connectivity index (χ0) is 14.3. The highest BCUT2D eigenvalue weighted by Crippen LogP contribution is 2.53. The van der Waals surface area contributed by atoms with Gasteiger partial charge in [-0.1, -0.05) is 49.2 Å². The lowest BCUT2D eigenvalue weighted by atomic mass is 9.66. The molecule has 0 saturated heterocycles. The fourth-order valence-corrected chi connectivity index (χ4v) is 4.59. The molecule has 2 saturated carbocycles. The van der Waals surface area contributed by atoms with Gasteiger partial charge in [-0.2, -0.15) is 0 Å². The molecule has 0 atom stereocenters. The zero-order valence-corrected chi connectivity index (χ0v) is 12.6. The maximum atomic E-state index is 11.1. The van der Waals surface area contributed by atoms with Crippen LogP contribution in [0.15, 0.2) is 42.5 Å². The Kier molecular flexibility index (Phi) is 3.08. The molecule has 0 bridgehead atoms. The molecular formula is C20H24O. The van der Waals surface area contributed by atoms with E-state index in [1.807, 2.05) is 0 Å². The minimum absolute atomic E-state index is 0.572. The van der Waals surface area contributed by atoms with Crippen molar-refractivity contribution in [1.82, 2.24) is 0 Å². The number of aliphatic hydroxyl groups is 1. The van der Waals surface area contributed by atoms with Crippen molar-refractivity contribution in [2.45, 2.75) is 57.0 Å². The third kappa shape index (κ3) is 2.28. The van der Waals surface area contributed by atoms with Gasteiger partial charge in [0.25, 0.3) is 0 Å². The Morgan fingerprint density at radius 1 is 0.714 bits per heavy atom. The van der Waals surface area contributed by atoms with Crippen LogP contribution in [0.5, 0.6) is 0 Å². The summed E-state index contributed by atoms with van der Waals surface area (Å²) in [5, 5.41) is 13.6. The second-order valence-electron chi connectivity index (χ2n) is 7.30. The van der Waals surface area contributed by atoms with Crippen LogP contribution < -0.4 is 0 Å². The van der Waals surface area contributed by atoms with Crippen LogP contribution in [0.2, 0.25) is 0 Å². The average Bonchev–Trinajstić information content (AvgIpc) is 2.99. The molecule has 0 aromatic heterocycles. The summed E-state index contributed by atoms with van der Waals surface area (Å²) in [6, 6.07) is 14.9. The molecule has 2 aliphatic rings. The first-order valence-electron chi connectivity index (χ1n) is 8.41. The standard InChI is InChI=1S/C20H24O/c21-20(13-11-19(12-14-20)9-3-4-10-19)18-8-7-16-5-1-2-6-17(16)15-18/h1-2,5-8,15,21H,3-4,9-14H2. The number of benzene rings is 2. The van der Waals surface area contributed by atoms with Crippen LogP contribution in [0.3, 0.4) is 0 Å². The smallest absolute Gasteiger partial charge is 0.0897 e. The van der Waals surface area contributed by atoms with Gasteiger partial charge < -0.3 is 5.11 Å². The predicted octanol–water partition coefficient (Wildman–Crippen LogP) is 5.16. The third-order valence-corrected chi connectivity index (χ3v) is 6.09. The summed E-state index contributed by atoms with van der Waals surface area (Å²) in [4.78, 5) is 0. The number of fused-ring (bicyclic) bond motifs is 1. The van der Waals surface area contributed by atoms with Gasteiger partial charge in [-0.15, -0.1) is 0 Å². The van der Waals surface area contributed by atoms with Crippen molar-refractivity contribution < 1.29 is 5.11 Å². The van der Waals surface area contributed by atoms with Gasteiger partial charge in [0.15, 0.2) is 0 Å². The van der Waals surface area contributed by atoms with Gasteiger partial charge in [-0.3, -0.25) is 0 Å². The Bertz CT molecular complexity index is 642. The second-order valence-corrected chi connectivity index (χ2v) is 7.30. The van der Waals surface area contributed by atoms with Gasteiger partial charge in [0.05, 0.1) is 5.60 Å². The molecule has 2 fully saturated rings. The summed E-state index contributed by atoms with van der Waals surface area (Å²) in [6.45, 7) is 0. The molecule has 0 unspecified atom stereocenters. The van der Waals surface area contributed by atoms with Crippen LogP contribution in [0.1, 0.15) is 56.9 Å². The van der Waals surface area contributed by atoms with Crippen molar-refractivity contribution in [1.29, 1.82) is 0 Å². The molecule has 110 valence electrons. The number of hydrogen-bond acceptors (Lipinski definition) is 1. The van der Waals surface area contributed by atoms with E-state index in [0.717, 1.165) is 18.4 Å². The molecule has 1 spiro atoms. The van der Waals surface area contributed by atoms with Crippen molar-refractivity contribution in [3.8, 4) is 0 Å². The van der Waals surface area contributed by atoms with Crippen LogP contribution in [0, 0.1) is 5.41 Å². The van der Waals surface area contributed by atoms with E-state index in [9.17, 15) is 5.11 Å². The molecule has 0 radical (unpaired) electrons. The van der Waals surface area contributed by atoms with E-state index in [-0.39, 0.29) is 0 Å². The lowest BCUT2D eigenvalue weighted by molar-refractivity contribution is -0.0375. The van der Waals surface area contributed by atoms with Crippen molar-refractivity contribution in [3.05, 3.63) is 48.0 Å². The maximum Gasteiger partial charge on any atom is 0.0897 e. The normalized spacial score (nSPS) is 23.7. The summed E-state index contributed by atoms with van der Waals surface area (Å²) in [5.41, 5.74) is 1.09. The topological polar surface area (TPSA) is 20.2 Å². The fraction of sp³-hybridized carbons (Fsp3) is 0.500. The maximum absolute atomic E-state index is 11.1. The van der Waals surface area contributed by atoms with Crippen molar-refractivity contribution in [3.63, 3.8) is 0 Å². The van der Waals surface area contributed by atoms with E-state index in [1.54, 1.807) is 0 Å². The molecule has 1 heteroatoms. The van der Waals surface area contributed by atoms with Crippen molar-refractivity contribution in [2.24, 2.45) is 5.41 Å². The van der Waals surface area contributed by atoms with E-state index < -0.39 is 5.60 Å². The molecule has 1 N–H and O–H groups in total. The SMILES string of the molecule is OC1(c2ccc3ccccc3c2)CCC2(CCCC2)CC1. The first-order chi connectivity index (χ1) is 10.2. The van der Waals surface area contributed by atoms with E-state index in [0.29, 0.717) is 5.41 Å². The summed E-state index contributed by atoms with van der Waals surface area (Å²) < 4.78 is 0. The van der Waals surface area contributed by atoms with Crippen LogP contribution in [0.4, 0.5) is 0 Å². The van der Waals surface area contributed by atoms with E-state index >= 15 is 0 Å². The zero-order valence-electron chi connectivity index (χ0n) is 12.6. The lowest BCUT2D eigenvalue weighted by Gasteiger charge is -2.42. The van der Waals surface area contributed by atoms with E-state index in [2.05, 4.69) is 42.5 Å². The molecule has 21 heavy (non-hydrogen) atoms. The summed E-state index contributed by atoms with van der Waals surface area (Å²) in [5.74, 6) is 0. The van der Waals surface area contributed by atoms with Crippen LogP contribution in [-0.2, 0) is 5.60 Å². The Morgan fingerprint density at radius 2 is 1.38 bits per heavy atom. The summed E-state index contributed by atoms with van der Waals surface area (Å²) in [7, 11) is 0. The first kappa shape index (κ1) is 13.3. The molecule has 2 aromatic carbocycles. The quantitative estimate of drug-likeness (QED) is 0.764. The molecule has 0 heterocycles. The monoisotopic (exact) mass is 280 g/mol. The second kappa shape index (κ2) is 4.84. The summed E-state index contributed by atoms with van der Waals surface area (Å²) >= 11 is 0. The van der Waals surface area contributed by atoms with Gasteiger partial charge in [-0.25, -0.2) is 0 Å². The van der Waals surface area contributed by atoms with Crippen LogP contribution in [0.25, 0.3) is 10.8 Å². The molecule has 0 amide bonds. The first-order valence-corrected chi connectivity index (χ1v) is 8.41. The fourth-order valence-electron chi connectivity index (χ4n) is 4.59. The Labute approximate surface area is 127 Å². The van der Waals surface area contributed by atoms with Crippen molar-refractivity contribution >= 4 is 10.8 Å². The Morgan fingerprint density at radius 3 is 2.10 bits per heavy atom. The Balaban J connectivity index is 1.62. The Hall–Kier alpha value is -1.34. The molecular weight excluding hydrogens is 256 g/mol. The minimum Gasteiger partial charge on any atom is -0.385 e. The minimum atomic E-state index is -0.599.